The predicted molar refractivity (Wildman–Crippen MR) is 97.3 cm³/mol. The molecule has 2 atom stereocenters. The molecule has 1 saturated heterocycles. The van der Waals surface area contributed by atoms with Crippen LogP contribution in [0.3, 0.4) is 0 Å². The maximum absolute atomic E-state index is 12.2. The number of carboxylic acids is 1. The number of nitrogens with zero attached hydrogens (tertiary/aromatic N) is 2. The Labute approximate surface area is 166 Å². The van der Waals surface area contributed by atoms with Crippen LogP contribution in [0.2, 0.25) is 0 Å². The van der Waals surface area contributed by atoms with Gasteiger partial charge in [-0.25, -0.2) is 15.6 Å². The van der Waals surface area contributed by atoms with Gasteiger partial charge in [-0.3, -0.25) is 4.79 Å². The lowest BCUT2D eigenvalue weighted by atomic mass is 9.88. The normalized spacial score (nSPS) is 20.8. The Morgan fingerprint density at radius 1 is 1.24 bits per heavy atom. The molecule has 0 bridgehead atoms. The van der Waals surface area contributed by atoms with Gasteiger partial charge in [0.2, 0.25) is 5.91 Å². The van der Waals surface area contributed by atoms with Crippen LogP contribution >= 0.6 is 0 Å². The highest BCUT2D eigenvalue weighted by atomic mass is 19.4. The molecule has 10 heteroatoms. The van der Waals surface area contributed by atoms with Crippen LogP contribution in [0.5, 0.6) is 0 Å². The zero-order valence-electron chi connectivity index (χ0n) is 15.7. The van der Waals surface area contributed by atoms with Gasteiger partial charge in [-0.2, -0.15) is 18.4 Å². The van der Waals surface area contributed by atoms with Crippen molar-refractivity contribution < 1.29 is 27.9 Å². The van der Waals surface area contributed by atoms with E-state index in [1.54, 1.807) is 4.90 Å². The van der Waals surface area contributed by atoms with E-state index < -0.39 is 12.1 Å². The maximum Gasteiger partial charge on any atom is 0.490 e. The fourth-order valence-electron chi connectivity index (χ4n) is 3.45. The highest BCUT2D eigenvalue weighted by Gasteiger charge is 2.38. The number of benzene rings is 1. The molecule has 1 amide bonds. The standard InChI is InChI=1S/C17H22N4O.C2HF3O2/c18-11-14-7-4-10-21(14)17(22)12-19-20-16-9-3-6-13-5-1-2-8-15(13)16;3-2(4,5)1(6)7/h1-2,5,8,14,16,19-20H,3-4,6-7,9-10,12H2;(H,6,7). The minimum Gasteiger partial charge on any atom is -0.475 e. The number of carbonyl (C=O) groups excluding carboxylic acids is 1. The number of alkyl halides is 3. The zero-order valence-corrected chi connectivity index (χ0v) is 15.7. The molecule has 7 nitrogen and oxygen atoms in total. The van der Waals surface area contributed by atoms with Crippen molar-refractivity contribution in [2.75, 3.05) is 13.1 Å². The second-order valence-corrected chi connectivity index (χ2v) is 6.82. The topological polar surface area (TPSA) is 105 Å². The number of carbonyl (C=O) groups is 2. The molecule has 158 valence electrons. The van der Waals surface area contributed by atoms with E-state index in [2.05, 4.69) is 41.2 Å². The Hall–Kier alpha value is -2.64. The fraction of sp³-hybridized carbons (Fsp3) is 0.526. The Morgan fingerprint density at radius 3 is 2.59 bits per heavy atom. The summed E-state index contributed by atoms with van der Waals surface area (Å²) in [6.45, 7) is 0.932. The van der Waals surface area contributed by atoms with Crippen LogP contribution in [0.25, 0.3) is 0 Å². The summed E-state index contributed by atoms with van der Waals surface area (Å²) in [7, 11) is 0. The van der Waals surface area contributed by atoms with Crippen molar-refractivity contribution in [1.29, 1.82) is 5.26 Å². The second kappa shape index (κ2) is 10.2. The number of nitrogens with one attached hydrogen (secondary N) is 2. The lowest BCUT2D eigenvalue weighted by molar-refractivity contribution is -0.192. The highest BCUT2D eigenvalue weighted by molar-refractivity contribution is 5.79. The largest absolute Gasteiger partial charge is 0.490 e. The van der Waals surface area contributed by atoms with E-state index in [9.17, 15) is 18.0 Å². The number of halogens is 3. The van der Waals surface area contributed by atoms with E-state index in [1.165, 1.54) is 11.1 Å². The number of aryl methyl sites for hydroxylation is 1. The van der Waals surface area contributed by atoms with Gasteiger partial charge in [-0.05, 0) is 43.2 Å². The van der Waals surface area contributed by atoms with Gasteiger partial charge in [0.1, 0.15) is 6.04 Å². The minimum atomic E-state index is -5.08. The van der Waals surface area contributed by atoms with Crippen molar-refractivity contribution in [3.8, 4) is 6.07 Å². The molecule has 1 aromatic carbocycles. The molecular weight excluding hydrogens is 389 g/mol. The van der Waals surface area contributed by atoms with Gasteiger partial charge in [0.05, 0.1) is 12.6 Å². The van der Waals surface area contributed by atoms with Crippen molar-refractivity contribution >= 4 is 11.9 Å². The molecule has 1 aromatic rings. The number of nitriles is 1. The summed E-state index contributed by atoms with van der Waals surface area (Å²) in [5, 5.41) is 16.2. The first-order valence-electron chi connectivity index (χ1n) is 9.29. The van der Waals surface area contributed by atoms with Crippen LogP contribution in [0.15, 0.2) is 24.3 Å². The summed E-state index contributed by atoms with van der Waals surface area (Å²) in [6, 6.07) is 10.7. The van der Waals surface area contributed by atoms with Crippen molar-refractivity contribution in [2.24, 2.45) is 0 Å². The zero-order chi connectivity index (χ0) is 21.4. The van der Waals surface area contributed by atoms with Gasteiger partial charge in [-0.15, -0.1) is 0 Å². The molecule has 2 aliphatic rings. The quantitative estimate of drug-likeness (QED) is 0.656. The van der Waals surface area contributed by atoms with Crippen LogP contribution in [0.4, 0.5) is 13.2 Å². The summed E-state index contributed by atoms with van der Waals surface area (Å²) in [5.41, 5.74) is 9.07. The van der Waals surface area contributed by atoms with Gasteiger partial charge >= 0.3 is 12.1 Å². The van der Waals surface area contributed by atoms with Crippen LogP contribution in [0.1, 0.15) is 42.9 Å². The number of rotatable bonds is 4. The third kappa shape index (κ3) is 6.44. The molecule has 1 aliphatic carbocycles. The molecular formula is C19H23F3N4O3. The van der Waals surface area contributed by atoms with Crippen molar-refractivity contribution in [3.63, 3.8) is 0 Å². The first kappa shape index (κ1) is 22.6. The van der Waals surface area contributed by atoms with E-state index >= 15 is 0 Å². The molecule has 0 aromatic heterocycles. The first-order valence-corrected chi connectivity index (χ1v) is 9.29. The number of hydrogen-bond donors (Lipinski definition) is 3. The summed E-state index contributed by atoms with van der Waals surface area (Å²) in [5.74, 6) is -2.76. The van der Waals surface area contributed by atoms with Crippen LogP contribution < -0.4 is 10.9 Å². The summed E-state index contributed by atoms with van der Waals surface area (Å²) in [6.07, 6.45) is -0.000345. The van der Waals surface area contributed by atoms with Gasteiger partial charge in [0, 0.05) is 12.6 Å². The minimum absolute atomic E-state index is 0.000597. The smallest absolute Gasteiger partial charge is 0.475 e. The van der Waals surface area contributed by atoms with E-state index in [-0.39, 0.29) is 24.5 Å². The SMILES string of the molecule is N#CC1CCCN1C(=O)CNNC1CCCc2ccccc21.O=C(O)C(F)(F)F. The molecule has 29 heavy (non-hydrogen) atoms. The van der Waals surface area contributed by atoms with Crippen LogP contribution in [-0.4, -0.2) is 47.2 Å². The molecule has 2 unspecified atom stereocenters. The number of likely N-dealkylation sites (tertiary alicyclic amines) is 1. The van der Waals surface area contributed by atoms with E-state index in [0.29, 0.717) is 6.54 Å². The van der Waals surface area contributed by atoms with Crippen LogP contribution in [0, 0.1) is 11.3 Å². The van der Waals surface area contributed by atoms with E-state index in [0.717, 1.165) is 32.1 Å². The maximum atomic E-state index is 12.2. The van der Waals surface area contributed by atoms with Gasteiger partial charge in [-0.1, -0.05) is 24.3 Å². The van der Waals surface area contributed by atoms with Crippen molar-refractivity contribution in [3.05, 3.63) is 35.4 Å². The first-order chi connectivity index (χ1) is 13.7. The average molecular weight is 412 g/mol. The Bertz CT molecular complexity index is 764. The molecule has 1 fully saturated rings. The van der Waals surface area contributed by atoms with Crippen molar-refractivity contribution in [2.45, 2.75) is 50.4 Å². The summed E-state index contributed by atoms with van der Waals surface area (Å²) in [4.78, 5) is 22.8. The van der Waals surface area contributed by atoms with E-state index in [4.69, 9.17) is 15.2 Å². The Balaban J connectivity index is 0.000000370. The molecule has 3 N–H and O–H groups in total. The number of hydrogen-bond acceptors (Lipinski definition) is 5. The molecule has 3 rings (SSSR count). The average Bonchev–Trinajstić information content (AvgIpc) is 3.17. The lowest BCUT2D eigenvalue weighted by Crippen LogP contribution is -2.46. The number of hydrazine groups is 1. The number of amides is 1. The van der Waals surface area contributed by atoms with Crippen LogP contribution in [-0.2, 0) is 16.0 Å². The lowest BCUT2D eigenvalue weighted by Gasteiger charge is -2.27. The molecule has 1 aliphatic heterocycles. The highest BCUT2D eigenvalue weighted by Crippen LogP contribution is 2.28. The van der Waals surface area contributed by atoms with Gasteiger partial charge < -0.3 is 10.0 Å². The molecule has 0 saturated carbocycles. The third-order valence-electron chi connectivity index (χ3n) is 4.85. The second-order valence-electron chi connectivity index (χ2n) is 6.82. The molecule has 0 spiro atoms. The van der Waals surface area contributed by atoms with Crippen molar-refractivity contribution in [1.82, 2.24) is 15.8 Å². The Kier molecular flexibility index (Phi) is 7.99. The monoisotopic (exact) mass is 412 g/mol. The number of fused-ring (bicyclic) bond motifs is 1. The van der Waals surface area contributed by atoms with Gasteiger partial charge in [0.25, 0.3) is 0 Å². The fourth-order valence-corrected chi connectivity index (χ4v) is 3.45. The summed E-state index contributed by atoms with van der Waals surface area (Å²) >= 11 is 0. The third-order valence-corrected chi connectivity index (χ3v) is 4.85. The number of aliphatic carboxylic acids is 1. The molecule has 0 radical (unpaired) electrons. The van der Waals surface area contributed by atoms with E-state index in [1.807, 2.05) is 0 Å². The predicted octanol–water partition coefficient (Wildman–Crippen LogP) is 2.31. The number of carboxylic acid groups (broad SMARTS) is 1. The molecule has 1 heterocycles. The summed E-state index contributed by atoms with van der Waals surface area (Å²) < 4.78 is 31.7. The van der Waals surface area contributed by atoms with Gasteiger partial charge in [0.15, 0.2) is 0 Å². The Morgan fingerprint density at radius 2 is 1.93 bits per heavy atom.